The third kappa shape index (κ3) is 3.14. The third-order valence-corrected chi connectivity index (χ3v) is 3.28. The Morgan fingerprint density at radius 2 is 1.87 bits per heavy atom. The van der Waals surface area contributed by atoms with E-state index in [4.69, 9.17) is 0 Å². The molecule has 15 heavy (non-hydrogen) atoms. The van der Waals surface area contributed by atoms with Crippen molar-refractivity contribution in [2.45, 2.75) is 31.7 Å². The molecule has 2 heterocycles. The van der Waals surface area contributed by atoms with Crippen LogP contribution in [0.15, 0.2) is 0 Å². The van der Waals surface area contributed by atoms with Crippen molar-refractivity contribution in [1.82, 2.24) is 9.80 Å². The van der Waals surface area contributed by atoms with E-state index in [1.165, 1.54) is 17.7 Å². The van der Waals surface area contributed by atoms with Crippen molar-refractivity contribution in [2.24, 2.45) is 0 Å². The quantitative estimate of drug-likeness (QED) is 0.447. The monoisotopic (exact) mass is 204 g/mol. The normalized spacial score (nSPS) is 26.7. The number of carbonyl (C=O) groups excluding carboxylic acids is 1. The summed E-state index contributed by atoms with van der Waals surface area (Å²) in [7, 11) is 0. The number of likely N-dealkylation sites (tertiary alicyclic amines) is 2. The van der Waals surface area contributed by atoms with Gasteiger partial charge in [-0.1, -0.05) is 0 Å². The largest absolute Gasteiger partial charge is 1.00 e. The zero-order valence-electron chi connectivity index (χ0n) is 9.45. The summed E-state index contributed by atoms with van der Waals surface area (Å²) in [6, 6.07) is 0.193. The van der Waals surface area contributed by atoms with Gasteiger partial charge in [-0.3, -0.25) is 0 Å². The van der Waals surface area contributed by atoms with Gasteiger partial charge in [0.1, 0.15) is 6.09 Å². The molecule has 0 aromatic heterocycles. The van der Waals surface area contributed by atoms with Crippen LogP contribution in [0, 0.1) is 0 Å². The minimum Gasteiger partial charge on any atom is -0.530 e. The molecule has 0 spiro atoms. The predicted octanol–water partition coefficient (Wildman–Crippen LogP) is -3.11. The summed E-state index contributed by atoms with van der Waals surface area (Å²) in [5, 5.41) is 10.8. The summed E-state index contributed by atoms with van der Waals surface area (Å²) in [6.07, 6.45) is 3.53. The molecular formula is C10H17LiN2O2. The maximum atomic E-state index is 10.8. The van der Waals surface area contributed by atoms with Crippen molar-refractivity contribution in [3.63, 3.8) is 0 Å². The van der Waals surface area contributed by atoms with Gasteiger partial charge in [-0.2, -0.15) is 0 Å². The average molecular weight is 204 g/mol. The van der Waals surface area contributed by atoms with E-state index in [9.17, 15) is 9.90 Å². The van der Waals surface area contributed by atoms with Crippen LogP contribution in [0.25, 0.3) is 0 Å². The van der Waals surface area contributed by atoms with Crippen LogP contribution in [0.4, 0.5) is 4.79 Å². The first-order valence-electron chi connectivity index (χ1n) is 5.47. The fraction of sp³-hybridized carbons (Fsp3) is 0.900. The van der Waals surface area contributed by atoms with Gasteiger partial charge in [0.05, 0.1) is 0 Å². The van der Waals surface area contributed by atoms with E-state index in [1.807, 2.05) is 0 Å². The van der Waals surface area contributed by atoms with Crippen molar-refractivity contribution in [1.29, 1.82) is 0 Å². The molecule has 2 saturated heterocycles. The molecule has 1 amide bonds. The van der Waals surface area contributed by atoms with E-state index in [2.05, 4.69) is 4.90 Å². The summed E-state index contributed by atoms with van der Waals surface area (Å²) in [5.74, 6) is 0. The van der Waals surface area contributed by atoms with Gasteiger partial charge in [0.25, 0.3) is 0 Å². The molecule has 2 aliphatic heterocycles. The molecule has 2 fully saturated rings. The van der Waals surface area contributed by atoms with Gasteiger partial charge in [0.2, 0.25) is 0 Å². The van der Waals surface area contributed by atoms with Crippen molar-refractivity contribution < 1.29 is 28.8 Å². The Kier molecular flexibility index (Phi) is 4.98. The number of hydrogen-bond acceptors (Lipinski definition) is 3. The molecule has 80 valence electrons. The van der Waals surface area contributed by atoms with Crippen molar-refractivity contribution in [3.8, 4) is 0 Å². The van der Waals surface area contributed by atoms with Crippen LogP contribution in [-0.2, 0) is 0 Å². The zero-order valence-corrected chi connectivity index (χ0v) is 9.45. The first-order valence-corrected chi connectivity index (χ1v) is 5.47. The number of carbonyl (C=O) groups is 1. The Balaban J connectivity index is 0.00000112. The van der Waals surface area contributed by atoms with Crippen LogP contribution in [0.5, 0.6) is 0 Å². The predicted molar refractivity (Wildman–Crippen MR) is 50.8 cm³/mol. The SMILES string of the molecule is O=C([O-])N1CCC[C@H]1CN1CCCC1.[Li+]. The van der Waals surface area contributed by atoms with Crippen molar-refractivity contribution >= 4 is 6.09 Å². The maximum Gasteiger partial charge on any atom is 1.00 e. The van der Waals surface area contributed by atoms with Gasteiger partial charge < -0.3 is 19.7 Å². The number of rotatable bonds is 2. The second kappa shape index (κ2) is 5.79. The van der Waals surface area contributed by atoms with E-state index in [-0.39, 0.29) is 24.9 Å². The van der Waals surface area contributed by atoms with Gasteiger partial charge >= 0.3 is 18.9 Å². The first-order chi connectivity index (χ1) is 6.77. The number of hydrogen-bond donors (Lipinski definition) is 0. The third-order valence-electron chi connectivity index (χ3n) is 3.28. The molecule has 1 atom stereocenters. The molecule has 5 heteroatoms. The Bertz CT molecular complexity index is 219. The van der Waals surface area contributed by atoms with Crippen LogP contribution in [0.1, 0.15) is 25.7 Å². The Morgan fingerprint density at radius 1 is 1.20 bits per heavy atom. The molecule has 0 aliphatic carbocycles. The molecule has 0 radical (unpaired) electrons. The summed E-state index contributed by atoms with van der Waals surface area (Å²) in [5.41, 5.74) is 0. The van der Waals surface area contributed by atoms with E-state index in [1.54, 1.807) is 0 Å². The fourth-order valence-electron chi connectivity index (χ4n) is 2.53. The maximum absolute atomic E-state index is 10.8. The average Bonchev–Trinajstić information content (AvgIpc) is 2.75. The smallest absolute Gasteiger partial charge is 0.530 e. The molecule has 0 bridgehead atoms. The topological polar surface area (TPSA) is 46.6 Å². The fourth-order valence-corrected chi connectivity index (χ4v) is 2.53. The first kappa shape index (κ1) is 12.9. The second-order valence-corrected chi connectivity index (χ2v) is 4.26. The van der Waals surface area contributed by atoms with Crippen LogP contribution in [0.2, 0.25) is 0 Å². The summed E-state index contributed by atoms with van der Waals surface area (Å²) in [4.78, 5) is 14.6. The number of carboxylic acid groups (broad SMARTS) is 1. The summed E-state index contributed by atoms with van der Waals surface area (Å²) < 4.78 is 0. The van der Waals surface area contributed by atoms with Crippen molar-refractivity contribution in [2.75, 3.05) is 26.2 Å². The van der Waals surface area contributed by atoms with E-state index >= 15 is 0 Å². The zero-order chi connectivity index (χ0) is 9.97. The Morgan fingerprint density at radius 3 is 2.47 bits per heavy atom. The Labute approximate surface area is 103 Å². The second-order valence-electron chi connectivity index (χ2n) is 4.26. The molecule has 4 nitrogen and oxygen atoms in total. The molecule has 0 N–H and O–H groups in total. The molecular weight excluding hydrogens is 187 g/mol. The minimum atomic E-state index is -0.994. The molecule has 0 aromatic rings. The summed E-state index contributed by atoms with van der Waals surface area (Å²) in [6.45, 7) is 3.85. The standard InChI is InChI=1S/C10H18N2O2.Li/c13-10(14)12-7-3-4-9(12)8-11-5-1-2-6-11;/h9H,1-8H2,(H,13,14);/q;+1/p-1/t9-;/m0./s1. The molecule has 2 aliphatic rings. The van der Waals surface area contributed by atoms with Crippen LogP contribution in [-0.4, -0.2) is 48.1 Å². The van der Waals surface area contributed by atoms with E-state index in [0.29, 0.717) is 6.54 Å². The number of amides is 1. The van der Waals surface area contributed by atoms with Gasteiger partial charge in [-0.25, -0.2) is 0 Å². The molecule has 0 saturated carbocycles. The summed E-state index contributed by atoms with van der Waals surface area (Å²) >= 11 is 0. The van der Waals surface area contributed by atoms with Gasteiger partial charge in [-0.05, 0) is 38.8 Å². The Hall–Kier alpha value is -0.173. The molecule has 0 aromatic carbocycles. The van der Waals surface area contributed by atoms with Crippen LogP contribution < -0.4 is 24.0 Å². The van der Waals surface area contributed by atoms with E-state index < -0.39 is 6.09 Å². The molecule has 0 unspecified atom stereocenters. The van der Waals surface area contributed by atoms with Crippen LogP contribution in [0.3, 0.4) is 0 Å². The minimum absolute atomic E-state index is 0. The molecule has 2 rings (SSSR count). The number of nitrogens with zero attached hydrogens (tertiary/aromatic N) is 2. The van der Waals surface area contributed by atoms with Crippen molar-refractivity contribution in [3.05, 3.63) is 0 Å². The van der Waals surface area contributed by atoms with E-state index in [0.717, 1.165) is 32.5 Å². The van der Waals surface area contributed by atoms with Gasteiger partial charge in [0, 0.05) is 19.1 Å². The van der Waals surface area contributed by atoms with Gasteiger partial charge in [-0.15, -0.1) is 0 Å². The van der Waals surface area contributed by atoms with Crippen LogP contribution >= 0.6 is 0 Å². The van der Waals surface area contributed by atoms with Gasteiger partial charge in [0.15, 0.2) is 0 Å².